The molecule has 1 heterocycles. The van der Waals surface area contributed by atoms with Crippen LogP contribution in [0.15, 0.2) is 30.4 Å². The molecule has 1 aliphatic heterocycles. The molecule has 4 atom stereocenters. The lowest BCUT2D eigenvalue weighted by Gasteiger charge is -2.38. The molecule has 5 nitrogen and oxygen atoms in total. The van der Waals surface area contributed by atoms with E-state index in [9.17, 15) is 19.5 Å². The van der Waals surface area contributed by atoms with E-state index < -0.39 is 5.97 Å². The second-order valence-corrected chi connectivity index (χ2v) is 6.71. The van der Waals surface area contributed by atoms with Gasteiger partial charge in [-0.2, -0.15) is 0 Å². The van der Waals surface area contributed by atoms with Crippen LogP contribution in [-0.2, 0) is 9.59 Å². The number of fused-ring (bicyclic) bond motifs is 1. The van der Waals surface area contributed by atoms with Gasteiger partial charge in [-0.1, -0.05) is 23.8 Å². The molecule has 1 saturated heterocycles. The minimum Gasteiger partial charge on any atom is -0.545 e. The van der Waals surface area contributed by atoms with Gasteiger partial charge in [0.25, 0.3) is 0 Å². The van der Waals surface area contributed by atoms with E-state index in [1.165, 1.54) is 18.2 Å². The van der Waals surface area contributed by atoms with E-state index in [2.05, 4.69) is 0 Å². The number of benzene rings is 1. The molecule has 23 heavy (non-hydrogen) atoms. The second-order valence-electron chi connectivity index (χ2n) is 6.31. The molecule has 118 valence electrons. The van der Waals surface area contributed by atoms with Gasteiger partial charge in [0.2, 0.25) is 11.8 Å². The van der Waals surface area contributed by atoms with E-state index in [1.807, 2.05) is 12.2 Å². The Balaban J connectivity index is 1.76. The summed E-state index contributed by atoms with van der Waals surface area (Å²) in [6, 6.07) is 4.11. The number of rotatable bonds is 2. The average Bonchev–Trinajstić information content (AvgIpc) is 2.83. The maximum Gasteiger partial charge on any atom is 0.238 e. The number of carboxylic acid groups (broad SMARTS) is 1. The van der Waals surface area contributed by atoms with Crippen LogP contribution in [0.3, 0.4) is 0 Å². The largest absolute Gasteiger partial charge is 0.545 e. The molecule has 3 aliphatic carbocycles. The first-order valence-electron chi connectivity index (χ1n) is 7.56. The Morgan fingerprint density at radius 1 is 1.09 bits per heavy atom. The second kappa shape index (κ2) is 4.93. The van der Waals surface area contributed by atoms with Crippen molar-refractivity contribution in [2.24, 2.45) is 23.7 Å². The Kier molecular flexibility index (Phi) is 3.10. The number of nitrogens with zero attached hydrogens (tertiary/aromatic N) is 1. The molecule has 1 saturated carbocycles. The highest BCUT2D eigenvalue weighted by molar-refractivity contribution is 6.33. The molecule has 6 heteroatoms. The van der Waals surface area contributed by atoms with Crippen molar-refractivity contribution in [2.45, 2.75) is 12.8 Å². The quantitative estimate of drug-likeness (QED) is 0.606. The molecule has 2 bridgehead atoms. The fourth-order valence-corrected chi connectivity index (χ4v) is 4.33. The summed E-state index contributed by atoms with van der Waals surface area (Å²) in [5, 5.41) is 11.1. The van der Waals surface area contributed by atoms with Gasteiger partial charge >= 0.3 is 0 Å². The summed E-state index contributed by atoms with van der Waals surface area (Å²) in [4.78, 5) is 37.8. The summed E-state index contributed by atoms with van der Waals surface area (Å²) in [5.41, 5.74) is 0.0261. The molecule has 5 rings (SSSR count). The molecule has 1 aromatic carbocycles. The van der Waals surface area contributed by atoms with Gasteiger partial charge in [0, 0.05) is 10.6 Å². The summed E-state index contributed by atoms with van der Waals surface area (Å²) in [6.07, 6.45) is 5.91. The third-order valence-corrected chi connectivity index (χ3v) is 5.52. The van der Waals surface area contributed by atoms with Crippen molar-refractivity contribution in [3.8, 4) is 0 Å². The minimum atomic E-state index is -1.44. The highest BCUT2D eigenvalue weighted by Crippen LogP contribution is 2.50. The van der Waals surface area contributed by atoms with Gasteiger partial charge < -0.3 is 9.90 Å². The molecule has 4 aliphatic rings. The van der Waals surface area contributed by atoms with Crippen molar-refractivity contribution in [2.75, 3.05) is 4.90 Å². The number of amides is 2. The van der Waals surface area contributed by atoms with Crippen LogP contribution in [0.2, 0.25) is 5.02 Å². The Morgan fingerprint density at radius 2 is 1.65 bits per heavy atom. The molecular formula is C17H13ClNO4-. The zero-order valence-corrected chi connectivity index (χ0v) is 12.8. The Hall–Kier alpha value is -2.14. The standard InChI is InChI=1S/C17H14ClNO4/c18-12-6-5-10(7-11(12)17(22)23)19-15(20)13-8-1-2-9(4-3-8)14(13)16(19)21/h1-2,5-9,13-14H,3-4H2,(H,22,23)/p-1/t8-,9+,13-,14+. The molecule has 1 aromatic rings. The molecule has 2 amide bonds. The summed E-state index contributed by atoms with van der Waals surface area (Å²) >= 11 is 5.83. The number of carbonyl (C=O) groups is 3. The van der Waals surface area contributed by atoms with Crippen LogP contribution in [0.5, 0.6) is 0 Å². The van der Waals surface area contributed by atoms with Crippen LogP contribution >= 0.6 is 11.6 Å². The number of imide groups is 1. The van der Waals surface area contributed by atoms with Gasteiger partial charge in [-0.3, -0.25) is 9.59 Å². The summed E-state index contributed by atoms with van der Waals surface area (Å²) in [7, 11) is 0. The summed E-state index contributed by atoms with van der Waals surface area (Å²) in [5.74, 6) is -2.38. The SMILES string of the molecule is O=C([O-])c1cc(N2C(=O)[C@@H]3[C@H](C2=O)[C@@H]2C=C[C@H]3CC2)ccc1Cl. The monoisotopic (exact) mass is 330 g/mol. The lowest BCUT2D eigenvalue weighted by atomic mass is 9.63. The molecule has 0 radical (unpaired) electrons. The minimum absolute atomic E-state index is 0.0204. The summed E-state index contributed by atoms with van der Waals surface area (Å²) < 4.78 is 0. The van der Waals surface area contributed by atoms with Crippen molar-refractivity contribution < 1.29 is 19.5 Å². The van der Waals surface area contributed by atoms with Crippen molar-refractivity contribution in [3.63, 3.8) is 0 Å². The lowest BCUT2D eigenvalue weighted by Crippen LogP contribution is -2.38. The molecule has 0 spiro atoms. The molecule has 2 fully saturated rings. The third-order valence-electron chi connectivity index (χ3n) is 5.19. The topological polar surface area (TPSA) is 77.5 Å². The normalized spacial score (nSPS) is 31.6. The first-order chi connectivity index (χ1) is 11.0. The van der Waals surface area contributed by atoms with Crippen molar-refractivity contribution in [3.05, 3.63) is 40.9 Å². The maximum absolute atomic E-state index is 12.8. The van der Waals surface area contributed by atoms with Crippen LogP contribution in [0.1, 0.15) is 23.2 Å². The highest BCUT2D eigenvalue weighted by Gasteiger charge is 2.56. The van der Waals surface area contributed by atoms with E-state index >= 15 is 0 Å². The van der Waals surface area contributed by atoms with Gasteiger partial charge in [-0.25, -0.2) is 4.90 Å². The van der Waals surface area contributed by atoms with Gasteiger partial charge in [0.1, 0.15) is 0 Å². The Labute approximate surface area is 137 Å². The van der Waals surface area contributed by atoms with Gasteiger partial charge in [0.05, 0.1) is 23.5 Å². The number of hydrogen-bond acceptors (Lipinski definition) is 4. The Bertz CT molecular complexity index is 740. The first-order valence-corrected chi connectivity index (χ1v) is 7.94. The predicted molar refractivity (Wildman–Crippen MR) is 80.6 cm³/mol. The van der Waals surface area contributed by atoms with E-state index in [1.54, 1.807) is 0 Å². The zero-order chi connectivity index (χ0) is 16.3. The fourth-order valence-electron chi connectivity index (χ4n) is 4.14. The fraction of sp³-hybridized carbons (Fsp3) is 0.353. The highest BCUT2D eigenvalue weighted by atomic mass is 35.5. The van der Waals surface area contributed by atoms with E-state index in [0.29, 0.717) is 0 Å². The number of carbonyl (C=O) groups excluding carboxylic acids is 3. The number of anilines is 1. The number of allylic oxidation sites excluding steroid dienone is 2. The van der Waals surface area contributed by atoms with Gasteiger partial charge in [0.15, 0.2) is 0 Å². The number of aromatic carboxylic acids is 1. The van der Waals surface area contributed by atoms with Gasteiger partial charge in [-0.15, -0.1) is 0 Å². The van der Waals surface area contributed by atoms with Crippen LogP contribution in [0, 0.1) is 23.7 Å². The van der Waals surface area contributed by atoms with Crippen LogP contribution in [0.4, 0.5) is 5.69 Å². The first kappa shape index (κ1) is 14.5. The Morgan fingerprint density at radius 3 is 2.13 bits per heavy atom. The molecule has 0 unspecified atom stereocenters. The lowest BCUT2D eigenvalue weighted by molar-refractivity contribution is -0.255. The van der Waals surface area contributed by atoms with Crippen molar-refractivity contribution in [1.82, 2.24) is 0 Å². The van der Waals surface area contributed by atoms with Crippen molar-refractivity contribution >= 4 is 35.1 Å². The smallest absolute Gasteiger partial charge is 0.238 e. The van der Waals surface area contributed by atoms with Gasteiger partial charge in [-0.05, 0) is 42.9 Å². The van der Waals surface area contributed by atoms with E-state index in [0.717, 1.165) is 17.7 Å². The van der Waals surface area contributed by atoms with E-state index in [-0.39, 0.29) is 51.8 Å². The predicted octanol–water partition coefficient (Wildman–Crippen LogP) is 1.41. The number of carboxylic acids is 1. The summed E-state index contributed by atoms with van der Waals surface area (Å²) in [6.45, 7) is 0. The van der Waals surface area contributed by atoms with Crippen LogP contribution in [0.25, 0.3) is 0 Å². The average molecular weight is 331 g/mol. The number of halogens is 1. The van der Waals surface area contributed by atoms with E-state index in [4.69, 9.17) is 11.6 Å². The maximum atomic E-state index is 12.8. The molecular weight excluding hydrogens is 318 g/mol. The molecule has 0 aromatic heterocycles. The third kappa shape index (κ3) is 1.96. The zero-order valence-electron chi connectivity index (χ0n) is 12.1. The van der Waals surface area contributed by atoms with Crippen molar-refractivity contribution in [1.29, 1.82) is 0 Å². The van der Waals surface area contributed by atoms with Crippen LogP contribution < -0.4 is 10.0 Å². The molecule has 0 N–H and O–H groups in total. The number of hydrogen-bond donors (Lipinski definition) is 0. The van der Waals surface area contributed by atoms with Crippen LogP contribution in [-0.4, -0.2) is 17.8 Å².